The van der Waals surface area contributed by atoms with Gasteiger partial charge in [0.05, 0.1) is 18.3 Å². The van der Waals surface area contributed by atoms with E-state index in [4.69, 9.17) is 11.2 Å². The highest BCUT2D eigenvalue weighted by molar-refractivity contribution is 5.97. The summed E-state index contributed by atoms with van der Waals surface area (Å²) in [4.78, 5) is 17.0. The lowest BCUT2D eigenvalue weighted by Gasteiger charge is -2.15. The van der Waals surface area contributed by atoms with Crippen molar-refractivity contribution in [3.63, 3.8) is 0 Å². The van der Waals surface area contributed by atoms with Crippen LogP contribution in [0.3, 0.4) is 0 Å². The highest BCUT2D eigenvalue weighted by Crippen LogP contribution is 2.27. The number of nitrogens with one attached hydrogen (secondary N) is 1. The number of carbonyl (C=O) groups is 1. The van der Waals surface area contributed by atoms with E-state index in [2.05, 4.69) is 16.2 Å². The lowest BCUT2D eigenvalue weighted by Crippen LogP contribution is -2.28. The molecule has 1 N–H and O–H groups in total. The van der Waals surface area contributed by atoms with Gasteiger partial charge < -0.3 is 10.1 Å². The van der Waals surface area contributed by atoms with Crippen LogP contribution in [0, 0.1) is 33.1 Å². The van der Waals surface area contributed by atoms with Gasteiger partial charge in [0.15, 0.2) is 5.75 Å². The molecule has 0 spiro atoms. The third-order valence-corrected chi connectivity index (χ3v) is 4.68. The standard InChI is InChI=1S/C25H23FN2O2/c1-5-19-7-6-8-20(13-19)30-24-15-27-18(4)12-22(24)25(29)28-14-23(26)21-10-9-16(2)11-17(21)3/h1,6-13,15,23H,14H2,2-4H3,(H,28,29). The van der Waals surface area contributed by atoms with E-state index in [0.717, 1.165) is 11.1 Å². The van der Waals surface area contributed by atoms with E-state index in [9.17, 15) is 9.18 Å². The van der Waals surface area contributed by atoms with Crippen molar-refractivity contribution in [2.45, 2.75) is 26.9 Å². The first-order chi connectivity index (χ1) is 14.4. The Morgan fingerprint density at radius 2 is 2.00 bits per heavy atom. The topological polar surface area (TPSA) is 51.2 Å². The molecule has 0 bridgehead atoms. The maximum absolute atomic E-state index is 14.7. The summed E-state index contributed by atoms with van der Waals surface area (Å²) in [7, 11) is 0. The van der Waals surface area contributed by atoms with Crippen LogP contribution < -0.4 is 10.1 Å². The van der Waals surface area contributed by atoms with Gasteiger partial charge in [-0.2, -0.15) is 0 Å². The van der Waals surface area contributed by atoms with Crippen molar-refractivity contribution in [1.29, 1.82) is 0 Å². The second-order valence-corrected chi connectivity index (χ2v) is 7.13. The molecule has 1 unspecified atom stereocenters. The molecular formula is C25H23FN2O2. The summed E-state index contributed by atoms with van der Waals surface area (Å²) in [5.74, 6) is 2.87. The summed E-state index contributed by atoms with van der Waals surface area (Å²) in [6, 6.07) is 14.1. The summed E-state index contributed by atoms with van der Waals surface area (Å²) in [5, 5.41) is 2.66. The number of pyridine rings is 1. The van der Waals surface area contributed by atoms with Crippen LogP contribution in [0.5, 0.6) is 11.5 Å². The minimum atomic E-state index is -1.31. The molecule has 1 aromatic heterocycles. The maximum atomic E-state index is 14.7. The Morgan fingerprint density at radius 1 is 1.20 bits per heavy atom. The number of terminal acetylenes is 1. The van der Waals surface area contributed by atoms with Gasteiger partial charge in [-0.15, -0.1) is 6.42 Å². The number of aryl methyl sites for hydroxylation is 3. The number of aromatic nitrogens is 1. The summed E-state index contributed by atoms with van der Waals surface area (Å²) in [5.41, 5.74) is 4.07. The lowest BCUT2D eigenvalue weighted by molar-refractivity contribution is 0.0939. The fourth-order valence-corrected chi connectivity index (χ4v) is 3.15. The average Bonchev–Trinajstić information content (AvgIpc) is 2.73. The number of amides is 1. The Labute approximate surface area is 176 Å². The molecule has 0 aliphatic rings. The molecule has 2 aromatic carbocycles. The maximum Gasteiger partial charge on any atom is 0.255 e. The van der Waals surface area contributed by atoms with Crippen LogP contribution in [0.15, 0.2) is 54.7 Å². The fraction of sp³-hybridized carbons (Fsp3) is 0.200. The Balaban J connectivity index is 1.76. The summed E-state index contributed by atoms with van der Waals surface area (Å²) >= 11 is 0. The van der Waals surface area contributed by atoms with Crippen molar-refractivity contribution in [2.75, 3.05) is 6.54 Å². The van der Waals surface area contributed by atoms with Crippen molar-refractivity contribution >= 4 is 5.91 Å². The van der Waals surface area contributed by atoms with Crippen molar-refractivity contribution in [3.05, 3.63) is 88.2 Å². The van der Waals surface area contributed by atoms with E-state index in [-0.39, 0.29) is 17.9 Å². The molecule has 0 aliphatic carbocycles. The summed E-state index contributed by atoms with van der Waals surface area (Å²) < 4.78 is 20.6. The minimum Gasteiger partial charge on any atom is -0.455 e. The van der Waals surface area contributed by atoms with Crippen LogP contribution in [-0.4, -0.2) is 17.4 Å². The minimum absolute atomic E-state index is 0.143. The second-order valence-electron chi connectivity index (χ2n) is 7.13. The molecule has 5 heteroatoms. The van der Waals surface area contributed by atoms with Gasteiger partial charge in [0.1, 0.15) is 11.9 Å². The molecule has 30 heavy (non-hydrogen) atoms. The molecule has 0 saturated heterocycles. The van der Waals surface area contributed by atoms with Crippen LogP contribution in [0.2, 0.25) is 0 Å². The van der Waals surface area contributed by atoms with Gasteiger partial charge >= 0.3 is 0 Å². The third-order valence-electron chi connectivity index (χ3n) is 4.68. The first kappa shape index (κ1) is 21.1. The van der Waals surface area contributed by atoms with Crippen molar-refractivity contribution in [3.8, 4) is 23.8 Å². The number of rotatable bonds is 6. The average molecular weight is 402 g/mol. The van der Waals surface area contributed by atoms with Crippen LogP contribution >= 0.6 is 0 Å². The number of hydrogen-bond acceptors (Lipinski definition) is 3. The smallest absolute Gasteiger partial charge is 0.255 e. The number of ether oxygens (including phenoxy) is 1. The molecule has 0 fully saturated rings. The van der Waals surface area contributed by atoms with Crippen molar-refractivity contribution in [1.82, 2.24) is 10.3 Å². The molecule has 3 rings (SSSR count). The highest BCUT2D eigenvalue weighted by atomic mass is 19.1. The van der Waals surface area contributed by atoms with Crippen molar-refractivity contribution in [2.24, 2.45) is 0 Å². The SMILES string of the molecule is C#Cc1cccc(Oc2cnc(C)cc2C(=O)NCC(F)c2ccc(C)cc2C)c1. The summed E-state index contributed by atoms with van der Waals surface area (Å²) in [6.45, 7) is 5.45. The van der Waals surface area contributed by atoms with Gasteiger partial charge in [0, 0.05) is 11.3 Å². The first-order valence-corrected chi connectivity index (χ1v) is 9.58. The molecule has 1 amide bonds. The number of benzene rings is 2. The molecule has 0 radical (unpaired) electrons. The van der Waals surface area contributed by atoms with E-state index in [1.54, 1.807) is 43.3 Å². The first-order valence-electron chi connectivity index (χ1n) is 9.58. The third kappa shape index (κ3) is 5.03. The second kappa shape index (κ2) is 9.23. The molecular weight excluding hydrogens is 379 g/mol. The van der Waals surface area contributed by atoms with E-state index in [0.29, 0.717) is 22.6 Å². The zero-order valence-electron chi connectivity index (χ0n) is 17.2. The van der Waals surface area contributed by atoms with E-state index in [1.165, 1.54) is 6.20 Å². The number of alkyl halides is 1. The molecule has 152 valence electrons. The van der Waals surface area contributed by atoms with Gasteiger partial charge in [0.2, 0.25) is 0 Å². The van der Waals surface area contributed by atoms with E-state index >= 15 is 0 Å². The van der Waals surface area contributed by atoms with Crippen molar-refractivity contribution < 1.29 is 13.9 Å². The highest BCUT2D eigenvalue weighted by Gasteiger charge is 2.18. The molecule has 1 heterocycles. The van der Waals surface area contributed by atoms with Crippen LogP contribution in [-0.2, 0) is 0 Å². The van der Waals surface area contributed by atoms with Crippen LogP contribution in [0.1, 0.15) is 44.5 Å². The molecule has 0 saturated carbocycles. The molecule has 0 aliphatic heterocycles. The van der Waals surface area contributed by atoms with E-state index in [1.807, 2.05) is 26.0 Å². The Kier molecular flexibility index (Phi) is 6.48. The van der Waals surface area contributed by atoms with Gasteiger partial charge in [-0.3, -0.25) is 9.78 Å². The van der Waals surface area contributed by atoms with Crippen LogP contribution in [0.4, 0.5) is 4.39 Å². The van der Waals surface area contributed by atoms with E-state index < -0.39 is 12.1 Å². The quantitative estimate of drug-likeness (QED) is 0.575. The Bertz CT molecular complexity index is 1120. The molecule has 4 nitrogen and oxygen atoms in total. The lowest BCUT2D eigenvalue weighted by atomic mass is 10.0. The summed E-state index contributed by atoms with van der Waals surface area (Å²) in [6.07, 6.45) is 5.59. The van der Waals surface area contributed by atoms with Gasteiger partial charge in [-0.25, -0.2) is 4.39 Å². The van der Waals surface area contributed by atoms with Gasteiger partial charge in [0.25, 0.3) is 5.91 Å². The van der Waals surface area contributed by atoms with Gasteiger partial charge in [-0.1, -0.05) is 35.7 Å². The Morgan fingerprint density at radius 3 is 2.73 bits per heavy atom. The number of hydrogen-bond donors (Lipinski definition) is 1. The predicted molar refractivity (Wildman–Crippen MR) is 116 cm³/mol. The largest absolute Gasteiger partial charge is 0.455 e. The number of nitrogens with zero attached hydrogens (tertiary/aromatic N) is 1. The number of carbonyl (C=O) groups excluding carboxylic acids is 1. The number of halogens is 1. The zero-order chi connectivity index (χ0) is 21.7. The van der Waals surface area contributed by atoms with Crippen LogP contribution in [0.25, 0.3) is 0 Å². The molecule has 3 aromatic rings. The predicted octanol–water partition coefficient (Wildman–Crippen LogP) is 5.22. The fourth-order valence-electron chi connectivity index (χ4n) is 3.15. The Hall–Kier alpha value is -3.65. The monoisotopic (exact) mass is 402 g/mol. The zero-order valence-corrected chi connectivity index (χ0v) is 17.2. The normalized spacial score (nSPS) is 11.4. The van der Waals surface area contributed by atoms with Gasteiger partial charge in [-0.05, 0) is 56.2 Å². The molecule has 1 atom stereocenters.